The van der Waals surface area contributed by atoms with E-state index in [0.717, 1.165) is 17.7 Å². The maximum atomic E-state index is 12.1. The number of nitrogens with one attached hydrogen (secondary N) is 2. The van der Waals surface area contributed by atoms with Crippen molar-refractivity contribution in [1.29, 1.82) is 0 Å². The average molecular weight is 415 g/mol. The fourth-order valence-corrected chi connectivity index (χ4v) is 3.46. The van der Waals surface area contributed by atoms with Gasteiger partial charge in [0.05, 0.1) is 18.9 Å². The highest BCUT2D eigenvalue weighted by Crippen LogP contribution is 2.42. The summed E-state index contributed by atoms with van der Waals surface area (Å²) in [6.45, 7) is 7.68. The highest BCUT2D eigenvalue weighted by Gasteiger charge is 2.37. The van der Waals surface area contributed by atoms with E-state index < -0.39 is 11.7 Å². The molecule has 30 heavy (non-hydrogen) atoms. The van der Waals surface area contributed by atoms with Gasteiger partial charge in [-0.25, -0.2) is 0 Å². The second kappa shape index (κ2) is 8.16. The number of aromatic hydroxyl groups is 1. The summed E-state index contributed by atoms with van der Waals surface area (Å²) in [5.41, 5.74) is 0.558. The van der Waals surface area contributed by atoms with Crippen LogP contribution in [0.1, 0.15) is 44.9 Å². The van der Waals surface area contributed by atoms with E-state index in [-0.39, 0.29) is 23.7 Å². The minimum absolute atomic E-state index is 0.0519. The number of ether oxygens (including phenoxy) is 2. The van der Waals surface area contributed by atoms with E-state index >= 15 is 0 Å². The van der Waals surface area contributed by atoms with Crippen LogP contribution in [0.2, 0.25) is 0 Å². The molecule has 1 unspecified atom stereocenters. The van der Waals surface area contributed by atoms with Gasteiger partial charge >= 0.3 is 0 Å². The monoisotopic (exact) mass is 414 g/mol. The van der Waals surface area contributed by atoms with Gasteiger partial charge in [0, 0.05) is 23.7 Å². The molecule has 1 aliphatic heterocycles. The molecule has 1 atom stereocenters. The largest absolute Gasteiger partial charge is 0.508 e. The first-order chi connectivity index (χ1) is 14.0. The zero-order valence-corrected chi connectivity index (χ0v) is 18.1. The summed E-state index contributed by atoms with van der Waals surface area (Å²) in [5.74, 6) is 0.826. The van der Waals surface area contributed by atoms with E-state index in [1.54, 1.807) is 21.0 Å². The predicted molar refractivity (Wildman–Crippen MR) is 115 cm³/mol. The van der Waals surface area contributed by atoms with Crippen LogP contribution in [0.25, 0.3) is 0 Å². The van der Waals surface area contributed by atoms with Gasteiger partial charge in [-0.2, -0.15) is 0 Å². The average Bonchev–Trinajstić information content (AvgIpc) is 2.67. The lowest BCUT2D eigenvalue weighted by atomic mass is 9.94. The van der Waals surface area contributed by atoms with E-state index in [1.165, 1.54) is 12.1 Å². The quantitative estimate of drug-likeness (QED) is 0.555. The van der Waals surface area contributed by atoms with Crippen molar-refractivity contribution in [2.45, 2.75) is 51.4 Å². The number of rotatable bonds is 7. The standard InChI is InChI=1S/C23H30N2O5/c1-22(2,12-14-6-8-16(29-5)9-7-14)24-13-19(27)17-10-15(26)11-18-20(17)30-23(3,4)21(28)25-18/h6-11,19,24,26-27H,12-13H2,1-5H3,(H,25,28). The number of phenolic OH excluding ortho intramolecular Hbond substituents is 1. The third-order valence-corrected chi connectivity index (χ3v) is 5.19. The molecular formula is C23H30N2O5. The van der Waals surface area contributed by atoms with E-state index in [2.05, 4.69) is 24.5 Å². The van der Waals surface area contributed by atoms with Gasteiger partial charge in [0.15, 0.2) is 11.4 Å². The SMILES string of the molecule is COc1ccc(CC(C)(C)NCC(O)c2cc(O)cc3c2OC(C)(C)C(=O)N3)cc1. The Labute approximate surface area is 177 Å². The van der Waals surface area contributed by atoms with Crippen LogP contribution in [0.4, 0.5) is 5.69 Å². The lowest BCUT2D eigenvalue weighted by molar-refractivity contribution is -0.129. The van der Waals surface area contributed by atoms with Crippen molar-refractivity contribution >= 4 is 11.6 Å². The topological polar surface area (TPSA) is 100 Å². The van der Waals surface area contributed by atoms with Crippen molar-refractivity contribution in [3.8, 4) is 17.2 Å². The highest BCUT2D eigenvalue weighted by atomic mass is 16.5. The zero-order valence-electron chi connectivity index (χ0n) is 18.1. The van der Waals surface area contributed by atoms with Crippen molar-refractivity contribution < 1.29 is 24.5 Å². The van der Waals surface area contributed by atoms with Crippen LogP contribution in [-0.4, -0.2) is 40.9 Å². The van der Waals surface area contributed by atoms with Gasteiger partial charge in [0.25, 0.3) is 5.91 Å². The van der Waals surface area contributed by atoms with E-state index in [0.29, 0.717) is 17.0 Å². The molecule has 7 nitrogen and oxygen atoms in total. The second-order valence-corrected chi connectivity index (χ2v) is 8.78. The van der Waals surface area contributed by atoms with Crippen molar-refractivity contribution in [2.75, 3.05) is 19.0 Å². The Morgan fingerprint density at radius 1 is 1.23 bits per heavy atom. The molecule has 0 saturated carbocycles. The van der Waals surface area contributed by atoms with Gasteiger partial charge in [0.1, 0.15) is 11.5 Å². The van der Waals surface area contributed by atoms with Gasteiger partial charge in [-0.1, -0.05) is 12.1 Å². The summed E-state index contributed by atoms with van der Waals surface area (Å²) < 4.78 is 11.1. The molecule has 2 aromatic carbocycles. The Hall–Kier alpha value is -2.77. The molecule has 0 saturated heterocycles. The fourth-order valence-electron chi connectivity index (χ4n) is 3.46. The summed E-state index contributed by atoms with van der Waals surface area (Å²) in [4.78, 5) is 12.1. The third-order valence-electron chi connectivity index (χ3n) is 5.19. The Balaban J connectivity index is 1.72. The molecule has 0 bridgehead atoms. The zero-order chi connectivity index (χ0) is 22.1. The van der Waals surface area contributed by atoms with Gasteiger partial charge in [-0.3, -0.25) is 4.79 Å². The number of aliphatic hydroxyl groups excluding tert-OH is 1. The molecule has 2 aromatic rings. The van der Waals surface area contributed by atoms with Gasteiger partial charge in [-0.05, 0) is 57.9 Å². The summed E-state index contributed by atoms with van der Waals surface area (Å²) in [7, 11) is 1.64. The molecule has 162 valence electrons. The van der Waals surface area contributed by atoms with Crippen LogP contribution in [0.3, 0.4) is 0 Å². The van der Waals surface area contributed by atoms with Crippen LogP contribution in [0, 0.1) is 0 Å². The van der Waals surface area contributed by atoms with Crippen LogP contribution in [0.15, 0.2) is 36.4 Å². The maximum Gasteiger partial charge on any atom is 0.268 e. The van der Waals surface area contributed by atoms with Crippen LogP contribution in [-0.2, 0) is 11.2 Å². The number of fused-ring (bicyclic) bond motifs is 1. The maximum absolute atomic E-state index is 12.1. The van der Waals surface area contributed by atoms with Crippen molar-refractivity contribution in [3.63, 3.8) is 0 Å². The molecule has 0 aliphatic carbocycles. The van der Waals surface area contributed by atoms with E-state index in [1.807, 2.05) is 24.3 Å². The molecule has 7 heteroatoms. The Morgan fingerprint density at radius 3 is 2.53 bits per heavy atom. The number of phenols is 1. The number of aliphatic hydroxyl groups is 1. The van der Waals surface area contributed by atoms with Crippen LogP contribution in [0.5, 0.6) is 17.2 Å². The number of anilines is 1. The van der Waals surface area contributed by atoms with E-state index in [9.17, 15) is 15.0 Å². The highest BCUT2D eigenvalue weighted by molar-refractivity contribution is 6.00. The molecule has 1 aliphatic rings. The van der Waals surface area contributed by atoms with Gasteiger partial charge in [0.2, 0.25) is 0 Å². The number of β-amino-alcohol motifs (C(OH)–C–C–N with tert-alkyl or cyclic N) is 1. The lowest BCUT2D eigenvalue weighted by Gasteiger charge is -2.34. The number of methoxy groups -OCH3 is 1. The van der Waals surface area contributed by atoms with E-state index in [4.69, 9.17) is 9.47 Å². The fraction of sp³-hybridized carbons (Fsp3) is 0.435. The lowest BCUT2D eigenvalue weighted by Crippen LogP contribution is -2.46. The Morgan fingerprint density at radius 2 is 1.90 bits per heavy atom. The number of carbonyl (C=O) groups is 1. The van der Waals surface area contributed by atoms with Crippen LogP contribution >= 0.6 is 0 Å². The van der Waals surface area contributed by atoms with Crippen LogP contribution < -0.4 is 20.1 Å². The van der Waals surface area contributed by atoms with Crippen molar-refractivity contribution in [1.82, 2.24) is 5.32 Å². The molecule has 1 heterocycles. The first-order valence-corrected chi connectivity index (χ1v) is 9.94. The number of benzene rings is 2. The first kappa shape index (κ1) is 21.9. The predicted octanol–water partition coefficient (Wildman–Crippen LogP) is 3.15. The number of hydrogen-bond donors (Lipinski definition) is 4. The smallest absolute Gasteiger partial charge is 0.268 e. The molecule has 1 amide bonds. The summed E-state index contributed by atoms with van der Waals surface area (Å²) in [5, 5.41) is 27.0. The van der Waals surface area contributed by atoms with Gasteiger partial charge < -0.3 is 30.3 Å². The summed E-state index contributed by atoms with van der Waals surface area (Å²) in [6, 6.07) is 10.8. The second-order valence-electron chi connectivity index (χ2n) is 8.78. The number of carbonyl (C=O) groups excluding carboxylic acids is 1. The van der Waals surface area contributed by atoms with Crippen molar-refractivity contribution in [3.05, 3.63) is 47.5 Å². The molecule has 4 N–H and O–H groups in total. The van der Waals surface area contributed by atoms with Gasteiger partial charge in [-0.15, -0.1) is 0 Å². The number of amides is 1. The Bertz CT molecular complexity index is 922. The normalized spacial score (nSPS) is 16.3. The molecule has 0 spiro atoms. The Kier molecular flexibility index (Phi) is 5.97. The molecule has 0 radical (unpaired) electrons. The minimum Gasteiger partial charge on any atom is -0.508 e. The third kappa shape index (κ3) is 4.86. The molecule has 3 rings (SSSR count). The first-order valence-electron chi connectivity index (χ1n) is 9.94. The summed E-state index contributed by atoms with van der Waals surface area (Å²) in [6.07, 6.45) is -0.187. The molecular weight excluding hydrogens is 384 g/mol. The molecule has 0 fully saturated rings. The summed E-state index contributed by atoms with van der Waals surface area (Å²) >= 11 is 0. The van der Waals surface area contributed by atoms with Crippen molar-refractivity contribution in [2.24, 2.45) is 0 Å². The number of hydrogen-bond acceptors (Lipinski definition) is 6. The molecule has 0 aromatic heterocycles. The minimum atomic E-state index is -1.07.